The van der Waals surface area contributed by atoms with E-state index in [1.165, 1.54) is 0 Å². The van der Waals surface area contributed by atoms with Crippen molar-refractivity contribution in [1.82, 2.24) is 15.3 Å². The Bertz CT molecular complexity index is 330. The van der Waals surface area contributed by atoms with Crippen LogP contribution >= 0.6 is 0 Å². The van der Waals surface area contributed by atoms with Crippen molar-refractivity contribution in [3.63, 3.8) is 0 Å². The number of ketones is 1. The molecule has 4 N–H and O–H groups in total. The van der Waals surface area contributed by atoms with E-state index in [9.17, 15) is 4.79 Å². The molecule has 1 aliphatic rings. The summed E-state index contributed by atoms with van der Waals surface area (Å²) >= 11 is 0. The summed E-state index contributed by atoms with van der Waals surface area (Å²) in [4.78, 5) is 18.7. The highest BCUT2D eigenvalue weighted by Gasteiger charge is 2.21. The number of carbonyl (C=O) groups is 1. The van der Waals surface area contributed by atoms with Crippen LogP contribution in [0.2, 0.25) is 0 Å². The van der Waals surface area contributed by atoms with Crippen molar-refractivity contribution in [2.75, 3.05) is 6.54 Å². The van der Waals surface area contributed by atoms with Crippen LogP contribution in [0.3, 0.4) is 0 Å². The van der Waals surface area contributed by atoms with Gasteiger partial charge in [-0.25, -0.2) is 4.98 Å². The van der Waals surface area contributed by atoms with Gasteiger partial charge in [0.1, 0.15) is 0 Å². The third-order valence-electron chi connectivity index (χ3n) is 3.02. The van der Waals surface area contributed by atoms with Gasteiger partial charge in [-0.1, -0.05) is 0 Å². The summed E-state index contributed by atoms with van der Waals surface area (Å²) in [5.41, 5.74) is 6.78. The summed E-state index contributed by atoms with van der Waals surface area (Å²) in [6.07, 6.45) is 6.66. The molecule has 88 valence electrons. The molecule has 0 saturated carbocycles. The molecule has 16 heavy (non-hydrogen) atoms. The van der Waals surface area contributed by atoms with Gasteiger partial charge in [0.15, 0.2) is 5.78 Å². The molecule has 2 heterocycles. The average molecular weight is 222 g/mol. The van der Waals surface area contributed by atoms with Crippen LogP contribution in [0, 0.1) is 0 Å². The van der Waals surface area contributed by atoms with Crippen molar-refractivity contribution in [1.29, 1.82) is 0 Å². The zero-order valence-corrected chi connectivity index (χ0v) is 9.28. The molecule has 2 rings (SSSR count). The fraction of sp³-hybridized carbons (Fsp3) is 0.636. The topological polar surface area (TPSA) is 83.8 Å². The molecule has 0 aromatic carbocycles. The van der Waals surface area contributed by atoms with Gasteiger partial charge in [0, 0.05) is 30.8 Å². The first-order valence-electron chi connectivity index (χ1n) is 5.74. The van der Waals surface area contributed by atoms with Crippen LogP contribution in [0.4, 0.5) is 0 Å². The van der Waals surface area contributed by atoms with E-state index in [1.807, 2.05) is 0 Å². The van der Waals surface area contributed by atoms with Crippen molar-refractivity contribution in [3.8, 4) is 0 Å². The first kappa shape index (κ1) is 11.3. The summed E-state index contributed by atoms with van der Waals surface area (Å²) < 4.78 is 0. The lowest BCUT2D eigenvalue weighted by Crippen LogP contribution is -2.37. The monoisotopic (exact) mass is 222 g/mol. The summed E-state index contributed by atoms with van der Waals surface area (Å²) in [7, 11) is 0. The fourth-order valence-corrected chi connectivity index (χ4v) is 2.07. The lowest BCUT2D eigenvalue weighted by Gasteiger charge is -2.13. The zero-order valence-electron chi connectivity index (χ0n) is 9.28. The molecule has 1 saturated heterocycles. The Balaban J connectivity index is 1.79. The average Bonchev–Trinajstić information content (AvgIpc) is 2.90. The number of aromatic amines is 1. The van der Waals surface area contributed by atoms with Crippen LogP contribution in [-0.2, 0) is 11.2 Å². The number of hydrogen-bond donors (Lipinski definition) is 3. The third-order valence-corrected chi connectivity index (χ3v) is 3.02. The normalized spacial score (nSPS) is 22.2. The minimum Gasteiger partial charge on any atom is -0.348 e. The van der Waals surface area contributed by atoms with Crippen LogP contribution in [0.15, 0.2) is 12.5 Å². The predicted molar refractivity (Wildman–Crippen MR) is 60.9 cm³/mol. The molecule has 2 atom stereocenters. The van der Waals surface area contributed by atoms with E-state index >= 15 is 0 Å². The maximum atomic E-state index is 11.8. The van der Waals surface area contributed by atoms with E-state index in [0.29, 0.717) is 18.9 Å². The van der Waals surface area contributed by atoms with Crippen LogP contribution in [-0.4, -0.2) is 34.4 Å². The van der Waals surface area contributed by atoms with Crippen molar-refractivity contribution in [3.05, 3.63) is 18.2 Å². The van der Waals surface area contributed by atoms with Gasteiger partial charge in [-0.05, 0) is 19.4 Å². The Labute approximate surface area is 94.8 Å². The van der Waals surface area contributed by atoms with E-state index in [4.69, 9.17) is 5.73 Å². The Kier molecular flexibility index (Phi) is 3.69. The quantitative estimate of drug-likeness (QED) is 0.654. The number of carbonyl (C=O) groups excluding carboxylic acids is 1. The van der Waals surface area contributed by atoms with Gasteiger partial charge in [0.05, 0.1) is 12.4 Å². The molecule has 5 nitrogen and oxygen atoms in total. The predicted octanol–water partition coefficient (Wildman–Crippen LogP) is -0.00930. The fourth-order valence-electron chi connectivity index (χ4n) is 2.07. The number of Topliss-reactive ketones (excluding diaryl/α,β-unsaturated/α-hetero) is 1. The molecule has 0 aliphatic carbocycles. The van der Waals surface area contributed by atoms with Crippen LogP contribution in [0.25, 0.3) is 0 Å². The van der Waals surface area contributed by atoms with Crippen molar-refractivity contribution in [2.24, 2.45) is 5.73 Å². The molecular weight excluding hydrogens is 204 g/mol. The van der Waals surface area contributed by atoms with Crippen LogP contribution in [0.1, 0.15) is 25.0 Å². The molecule has 1 aliphatic heterocycles. The standard InChI is InChI=1S/C11H18N4O/c12-10(4-9-6-13-7-15-9)11(16)5-8-2-1-3-14-8/h6-8,10,14H,1-5,12H2,(H,13,15)/t8-,10-/m0/s1. The largest absolute Gasteiger partial charge is 0.348 e. The first-order chi connectivity index (χ1) is 7.75. The maximum Gasteiger partial charge on any atom is 0.151 e. The van der Waals surface area contributed by atoms with Crippen LogP contribution < -0.4 is 11.1 Å². The minimum absolute atomic E-state index is 0.133. The van der Waals surface area contributed by atoms with Gasteiger partial charge < -0.3 is 16.0 Å². The number of hydrogen-bond acceptors (Lipinski definition) is 4. The number of aromatic nitrogens is 2. The van der Waals surface area contributed by atoms with Crippen molar-refractivity contribution >= 4 is 5.78 Å². The van der Waals surface area contributed by atoms with Gasteiger partial charge in [-0.15, -0.1) is 0 Å². The SMILES string of the molecule is N[C@@H](Cc1cnc[nH]1)C(=O)C[C@@H]1CCCN1. The van der Waals surface area contributed by atoms with Gasteiger partial charge in [-0.3, -0.25) is 4.79 Å². The summed E-state index contributed by atoms with van der Waals surface area (Å²) in [5.74, 6) is 0.133. The Morgan fingerprint density at radius 3 is 3.19 bits per heavy atom. The lowest BCUT2D eigenvalue weighted by atomic mass is 10.0. The molecule has 0 spiro atoms. The highest BCUT2D eigenvalue weighted by Crippen LogP contribution is 2.10. The van der Waals surface area contributed by atoms with Gasteiger partial charge in [0.25, 0.3) is 0 Å². The third kappa shape index (κ3) is 2.90. The number of nitrogens with one attached hydrogen (secondary N) is 2. The summed E-state index contributed by atoms with van der Waals surface area (Å²) in [6.45, 7) is 1.02. The number of nitrogens with zero attached hydrogens (tertiary/aromatic N) is 1. The zero-order chi connectivity index (χ0) is 11.4. The minimum atomic E-state index is -0.414. The maximum absolute atomic E-state index is 11.8. The number of H-pyrrole nitrogens is 1. The van der Waals surface area contributed by atoms with E-state index in [0.717, 1.165) is 25.1 Å². The highest BCUT2D eigenvalue weighted by atomic mass is 16.1. The Morgan fingerprint density at radius 1 is 1.69 bits per heavy atom. The van der Waals surface area contributed by atoms with E-state index < -0.39 is 6.04 Å². The van der Waals surface area contributed by atoms with Gasteiger partial charge in [0.2, 0.25) is 0 Å². The second-order valence-corrected chi connectivity index (χ2v) is 4.35. The summed E-state index contributed by atoms with van der Waals surface area (Å²) in [6, 6.07) is -0.0804. The summed E-state index contributed by atoms with van der Waals surface area (Å²) in [5, 5.41) is 3.30. The molecule has 0 unspecified atom stereocenters. The Hall–Kier alpha value is -1.20. The van der Waals surface area contributed by atoms with Crippen LogP contribution in [0.5, 0.6) is 0 Å². The van der Waals surface area contributed by atoms with Crippen molar-refractivity contribution < 1.29 is 4.79 Å². The lowest BCUT2D eigenvalue weighted by molar-refractivity contribution is -0.120. The Morgan fingerprint density at radius 2 is 2.56 bits per heavy atom. The molecule has 0 amide bonds. The van der Waals surface area contributed by atoms with E-state index in [1.54, 1.807) is 12.5 Å². The number of imidazole rings is 1. The van der Waals surface area contributed by atoms with Crippen molar-refractivity contribution in [2.45, 2.75) is 37.8 Å². The molecule has 1 aromatic heterocycles. The molecule has 1 fully saturated rings. The first-order valence-corrected chi connectivity index (χ1v) is 5.74. The molecule has 0 bridgehead atoms. The number of nitrogens with two attached hydrogens (primary N) is 1. The second-order valence-electron chi connectivity index (χ2n) is 4.35. The second kappa shape index (κ2) is 5.23. The van der Waals surface area contributed by atoms with Gasteiger partial charge >= 0.3 is 0 Å². The molecule has 1 aromatic rings. The smallest absolute Gasteiger partial charge is 0.151 e. The molecule has 0 radical (unpaired) electrons. The van der Waals surface area contributed by atoms with E-state index in [2.05, 4.69) is 15.3 Å². The van der Waals surface area contributed by atoms with E-state index in [-0.39, 0.29) is 5.78 Å². The van der Waals surface area contributed by atoms with Gasteiger partial charge in [-0.2, -0.15) is 0 Å². The number of rotatable bonds is 5. The molecular formula is C11H18N4O. The molecule has 5 heteroatoms. The highest BCUT2D eigenvalue weighted by molar-refractivity contribution is 5.84.